The Morgan fingerprint density at radius 2 is 0.625 bits per heavy atom. The largest absolute Gasteiger partial charge is 1.00 e. The van der Waals surface area contributed by atoms with Crippen LogP contribution < -0.4 is 59.1 Å². The fraction of sp³-hybridized carbons (Fsp3) is 1.00. The van der Waals surface area contributed by atoms with E-state index in [1.807, 2.05) is 0 Å². The summed E-state index contributed by atoms with van der Waals surface area (Å²) in [5.74, 6) is 0. The van der Waals surface area contributed by atoms with Gasteiger partial charge in [-0.3, -0.25) is 0 Å². The normalized spacial score (nSPS) is 9.38. The molecule has 0 amide bonds. The van der Waals surface area contributed by atoms with Crippen molar-refractivity contribution < 1.29 is 62.0 Å². The Labute approximate surface area is 151 Å². The molecule has 0 aliphatic heterocycles. The second-order valence-electron chi connectivity index (χ2n) is 4.54. The zero-order chi connectivity index (χ0) is 10.5. The second kappa shape index (κ2) is 22.2. The van der Waals surface area contributed by atoms with Gasteiger partial charge in [-0.15, -0.1) is 0 Å². The van der Waals surface area contributed by atoms with Gasteiger partial charge in [-0.2, -0.15) is 0 Å². The zero-order valence-electron chi connectivity index (χ0n) is 14.5. The topological polar surface area (TPSA) is 0 Å². The van der Waals surface area contributed by atoms with E-state index in [4.69, 9.17) is 0 Å². The van der Waals surface area contributed by atoms with Gasteiger partial charge in [-0.05, 0) is 0 Å². The quantitative estimate of drug-likeness (QED) is 0.354. The summed E-state index contributed by atoms with van der Waals surface area (Å²) >= 11 is 0. The summed E-state index contributed by atoms with van der Waals surface area (Å²) in [7, 11) is 0. The SMILES string of the molecule is CCCCCCCCCCCCCC.[H-].[H-].[Na+].[Na+]. The summed E-state index contributed by atoms with van der Waals surface area (Å²) in [6.45, 7) is 4.57. The van der Waals surface area contributed by atoms with Crippen molar-refractivity contribution in [3.05, 3.63) is 0 Å². The molecular formula is C14H32Na2. The van der Waals surface area contributed by atoms with E-state index in [0.29, 0.717) is 0 Å². The average Bonchev–Trinajstić information content (AvgIpc) is 2.21. The van der Waals surface area contributed by atoms with Gasteiger partial charge in [0.05, 0.1) is 0 Å². The second-order valence-corrected chi connectivity index (χ2v) is 4.54. The van der Waals surface area contributed by atoms with Crippen molar-refractivity contribution in [2.75, 3.05) is 0 Å². The Morgan fingerprint density at radius 1 is 0.438 bits per heavy atom. The van der Waals surface area contributed by atoms with Crippen LogP contribution in [0.25, 0.3) is 0 Å². The Hall–Kier alpha value is 2.00. The minimum absolute atomic E-state index is 0. The molecule has 2 heteroatoms. The molecule has 0 atom stereocenters. The molecule has 0 N–H and O–H groups in total. The third-order valence-corrected chi connectivity index (χ3v) is 2.96. The van der Waals surface area contributed by atoms with Gasteiger partial charge in [0.1, 0.15) is 0 Å². The first-order chi connectivity index (χ1) is 6.91. The van der Waals surface area contributed by atoms with Gasteiger partial charge in [-0.1, -0.05) is 90.9 Å². The van der Waals surface area contributed by atoms with Crippen LogP contribution in [-0.4, -0.2) is 0 Å². The van der Waals surface area contributed by atoms with Crippen molar-refractivity contribution in [3.8, 4) is 0 Å². The van der Waals surface area contributed by atoms with Crippen LogP contribution in [0.5, 0.6) is 0 Å². The maximum Gasteiger partial charge on any atom is 1.00 e. The van der Waals surface area contributed by atoms with E-state index in [2.05, 4.69) is 13.8 Å². The molecule has 0 nitrogen and oxygen atoms in total. The van der Waals surface area contributed by atoms with Crippen LogP contribution in [0.15, 0.2) is 0 Å². The van der Waals surface area contributed by atoms with E-state index >= 15 is 0 Å². The molecule has 0 heterocycles. The molecule has 0 bridgehead atoms. The molecule has 0 unspecified atom stereocenters. The average molecular weight is 246 g/mol. The molecule has 0 fully saturated rings. The van der Waals surface area contributed by atoms with Crippen molar-refractivity contribution in [2.24, 2.45) is 0 Å². The molecular weight excluding hydrogens is 214 g/mol. The molecule has 0 radical (unpaired) electrons. The predicted molar refractivity (Wildman–Crippen MR) is 69.0 cm³/mol. The van der Waals surface area contributed by atoms with Crippen molar-refractivity contribution in [2.45, 2.75) is 90.9 Å². The molecule has 16 heavy (non-hydrogen) atoms. The molecule has 0 rings (SSSR count). The molecule has 0 aromatic carbocycles. The van der Waals surface area contributed by atoms with E-state index in [1.54, 1.807) is 0 Å². The standard InChI is InChI=1S/C14H30.2Na.2H/c1-3-5-7-9-11-13-14-12-10-8-6-4-2;;;;/h3-14H2,1-2H3;;;;/q;2*+1;2*-1. The van der Waals surface area contributed by atoms with E-state index in [9.17, 15) is 0 Å². The number of hydrogen-bond donors (Lipinski definition) is 0. The maximum atomic E-state index is 2.29. The monoisotopic (exact) mass is 246 g/mol. The zero-order valence-corrected chi connectivity index (χ0v) is 16.5. The van der Waals surface area contributed by atoms with Gasteiger partial charge in [0.25, 0.3) is 0 Å². The number of hydrogen-bond acceptors (Lipinski definition) is 0. The Kier molecular flexibility index (Phi) is 32.1. The summed E-state index contributed by atoms with van der Waals surface area (Å²) in [5.41, 5.74) is 0. The van der Waals surface area contributed by atoms with Crippen molar-refractivity contribution in [1.82, 2.24) is 0 Å². The van der Waals surface area contributed by atoms with E-state index in [1.165, 1.54) is 77.0 Å². The van der Waals surface area contributed by atoms with Crippen LogP contribution in [0.4, 0.5) is 0 Å². The summed E-state index contributed by atoms with van der Waals surface area (Å²) < 4.78 is 0. The fourth-order valence-corrected chi connectivity index (χ4v) is 1.91. The van der Waals surface area contributed by atoms with Gasteiger partial charge in [0.2, 0.25) is 0 Å². The van der Waals surface area contributed by atoms with E-state index in [0.717, 1.165) is 0 Å². The first-order valence-electron chi connectivity index (χ1n) is 6.91. The van der Waals surface area contributed by atoms with E-state index in [-0.39, 0.29) is 62.0 Å². The third kappa shape index (κ3) is 21.3. The molecule has 0 spiro atoms. The van der Waals surface area contributed by atoms with E-state index < -0.39 is 0 Å². The van der Waals surface area contributed by atoms with Crippen LogP contribution in [0.2, 0.25) is 0 Å². The Bertz CT molecular complexity index is 91.8. The van der Waals surface area contributed by atoms with Crippen LogP contribution in [0, 0.1) is 0 Å². The summed E-state index contributed by atoms with van der Waals surface area (Å²) in [5, 5.41) is 0. The van der Waals surface area contributed by atoms with Crippen LogP contribution >= 0.6 is 0 Å². The number of unbranched alkanes of at least 4 members (excludes halogenated alkanes) is 11. The first kappa shape index (κ1) is 23.1. The van der Waals surface area contributed by atoms with Gasteiger partial charge in [0.15, 0.2) is 0 Å². The Balaban J connectivity index is -0.000000141. The van der Waals surface area contributed by atoms with Crippen molar-refractivity contribution in [3.63, 3.8) is 0 Å². The molecule has 0 saturated heterocycles. The number of rotatable bonds is 11. The fourth-order valence-electron chi connectivity index (χ4n) is 1.91. The van der Waals surface area contributed by atoms with Crippen LogP contribution in [0.1, 0.15) is 93.8 Å². The van der Waals surface area contributed by atoms with Crippen molar-refractivity contribution >= 4 is 0 Å². The van der Waals surface area contributed by atoms with Crippen LogP contribution in [0.3, 0.4) is 0 Å². The smallest absolute Gasteiger partial charge is 1.00 e. The summed E-state index contributed by atoms with van der Waals surface area (Å²) in [4.78, 5) is 0. The molecule has 0 aromatic heterocycles. The summed E-state index contributed by atoms with van der Waals surface area (Å²) in [6.07, 6.45) is 17.4. The van der Waals surface area contributed by atoms with Gasteiger partial charge >= 0.3 is 59.1 Å². The Morgan fingerprint density at radius 3 is 0.812 bits per heavy atom. The van der Waals surface area contributed by atoms with Crippen molar-refractivity contribution in [1.29, 1.82) is 0 Å². The first-order valence-corrected chi connectivity index (χ1v) is 6.91. The molecule has 0 aromatic rings. The third-order valence-electron chi connectivity index (χ3n) is 2.96. The predicted octanol–water partition coefficient (Wildman–Crippen LogP) is -0.0596. The van der Waals surface area contributed by atoms with Crippen LogP contribution in [-0.2, 0) is 0 Å². The molecule has 0 aliphatic rings. The minimum Gasteiger partial charge on any atom is -1.00 e. The molecule has 0 saturated carbocycles. The van der Waals surface area contributed by atoms with Gasteiger partial charge in [-0.25, -0.2) is 0 Å². The molecule has 0 aliphatic carbocycles. The summed E-state index contributed by atoms with van der Waals surface area (Å²) in [6, 6.07) is 0. The minimum atomic E-state index is 0. The maximum absolute atomic E-state index is 2.29. The van der Waals surface area contributed by atoms with Gasteiger partial charge < -0.3 is 2.85 Å². The van der Waals surface area contributed by atoms with Gasteiger partial charge in [0, 0.05) is 0 Å². The molecule has 90 valence electrons.